The molecule has 4 rings (SSSR count). The van der Waals surface area contributed by atoms with Crippen LogP contribution in [-0.4, -0.2) is 60.6 Å². The first-order chi connectivity index (χ1) is 12.2. The highest BCUT2D eigenvalue weighted by Crippen LogP contribution is 2.24. The summed E-state index contributed by atoms with van der Waals surface area (Å²) in [6.45, 7) is 8.18. The second-order valence-electron chi connectivity index (χ2n) is 7.23. The van der Waals surface area contributed by atoms with Gasteiger partial charge in [0.05, 0.1) is 19.3 Å². The number of furan rings is 1. The Morgan fingerprint density at radius 1 is 1.24 bits per heavy atom. The molecule has 0 radical (unpaired) electrons. The Morgan fingerprint density at radius 3 is 2.96 bits per heavy atom. The number of nitrogens with zero attached hydrogens (tertiary/aromatic N) is 2. The monoisotopic (exact) mass is 342 g/mol. The van der Waals surface area contributed by atoms with Crippen molar-refractivity contribution in [2.45, 2.75) is 38.8 Å². The van der Waals surface area contributed by atoms with E-state index in [9.17, 15) is 4.79 Å². The van der Waals surface area contributed by atoms with Crippen LogP contribution in [-0.2, 0) is 4.74 Å². The summed E-state index contributed by atoms with van der Waals surface area (Å²) in [7, 11) is 0. The molecule has 0 bridgehead atoms. The van der Waals surface area contributed by atoms with Crippen molar-refractivity contribution in [3.05, 3.63) is 35.6 Å². The highest BCUT2D eigenvalue weighted by Gasteiger charge is 2.36. The van der Waals surface area contributed by atoms with E-state index >= 15 is 0 Å². The van der Waals surface area contributed by atoms with E-state index in [1.807, 2.05) is 36.1 Å². The number of piperazine rings is 1. The number of hydrogen-bond acceptors (Lipinski definition) is 4. The molecule has 5 heteroatoms. The van der Waals surface area contributed by atoms with Crippen LogP contribution in [0.3, 0.4) is 0 Å². The summed E-state index contributed by atoms with van der Waals surface area (Å²) in [6, 6.07) is 8.52. The number of ether oxygens (including phenoxy) is 1. The molecule has 0 N–H and O–H groups in total. The molecule has 1 aromatic carbocycles. The van der Waals surface area contributed by atoms with Crippen LogP contribution in [0.2, 0.25) is 0 Å². The lowest BCUT2D eigenvalue weighted by atomic mass is 10.0. The fraction of sp³-hybridized carbons (Fsp3) is 0.550. The van der Waals surface area contributed by atoms with Crippen LogP contribution < -0.4 is 0 Å². The number of morpholine rings is 1. The van der Waals surface area contributed by atoms with Crippen molar-refractivity contribution in [1.82, 2.24) is 9.80 Å². The van der Waals surface area contributed by atoms with Crippen molar-refractivity contribution < 1.29 is 13.9 Å². The molecule has 0 saturated carbocycles. The Labute approximate surface area is 148 Å². The lowest BCUT2D eigenvalue weighted by Crippen LogP contribution is -2.62. The maximum Gasteiger partial charge on any atom is 0.253 e. The van der Waals surface area contributed by atoms with Crippen LogP contribution in [0.15, 0.2) is 28.7 Å². The van der Waals surface area contributed by atoms with Gasteiger partial charge in [0.15, 0.2) is 0 Å². The van der Waals surface area contributed by atoms with Gasteiger partial charge in [-0.25, -0.2) is 0 Å². The molecule has 2 fully saturated rings. The van der Waals surface area contributed by atoms with Crippen LogP contribution in [0, 0.1) is 6.92 Å². The Balaban J connectivity index is 1.49. The molecule has 5 nitrogen and oxygen atoms in total. The van der Waals surface area contributed by atoms with Gasteiger partial charge in [0.2, 0.25) is 0 Å². The van der Waals surface area contributed by atoms with Gasteiger partial charge in [-0.05, 0) is 37.6 Å². The topological polar surface area (TPSA) is 45.9 Å². The number of hydrogen-bond donors (Lipinski definition) is 0. The molecule has 3 heterocycles. The molecule has 2 atom stereocenters. The fourth-order valence-electron chi connectivity index (χ4n) is 4.19. The number of carbonyl (C=O) groups excluding carboxylic acids is 1. The maximum atomic E-state index is 13.0. The smallest absolute Gasteiger partial charge is 0.253 e. The summed E-state index contributed by atoms with van der Waals surface area (Å²) in [5, 5.41) is 0.992. The Bertz CT molecular complexity index is 767. The standard InChI is InChI=1S/C20H26N2O3/c1-3-4-17-12-24-13-18-11-21(7-8-22(17)18)20(23)15-5-6-19-16(10-15)9-14(2)25-19/h5-6,9-10,17-18H,3-4,7-8,11-13H2,1-2H3/t17-,18+/m0/s1. The van der Waals surface area contributed by atoms with Gasteiger partial charge < -0.3 is 14.1 Å². The molecule has 0 unspecified atom stereocenters. The minimum absolute atomic E-state index is 0.109. The number of amides is 1. The Hall–Kier alpha value is -1.85. The minimum atomic E-state index is 0.109. The average Bonchev–Trinajstić information content (AvgIpc) is 3.00. The van der Waals surface area contributed by atoms with Gasteiger partial charge in [-0.1, -0.05) is 13.3 Å². The largest absolute Gasteiger partial charge is 0.461 e. The average molecular weight is 342 g/mol. The minimum Gasteiger partial charge on any atom is -0.461 e. The highest BCUT2D eigenvalue weighted by molar-refractivity contribution is 5.98. The van der Waals surface area contributed by atoms with Crippen molar-refractivity contribution in [2.24, 2.45) is 0 Å². The number of carbonyl (C=O) groups is 1. The van der Waals surface area contributed by atoms with E-state index in [1.165, 1.54) is 12.8 Å². The van der Waals surface area contributed by atoms with Crippen molar-refractivity contribution in [3.63, 3.8) is 0 Å². The normalized spacial score (nSPS) is 24.5. The van der Waals surface area contributed by atoms with Crippen molar-refractivity contribution in [1.29, 1.82) is 0 Å². The second-order valence-corrected chi connectivity index (χ2v) is 7.23. The van der Waals surface area contributed by atoms with Gasteiger partial charge in [0.1, 0.15) is 11.3 Å². The molecule has 0 aliphatic carbocycles. The summed E-state index contributed by atoms with van der Waals surface area (Å²) in [5.74, 6) is 0.979. The lowest BCUT2D eigenvalue weighted by molar-refractivity contribution is -0.0776. The molecule has 0 spiro atoms. The maximum absolute atomic E-state index is 13.0. The summed E-state index contributed by atoms with van der Waals surface area (Å²) in [5.41, 5.74) is 1.57. The van der Waals surface area contributed by atoms with Gasteiger partial charge >= 0.3 is 0 Å². The zero-order chi connectivity index (χ0) is 17.4. The van der Waals surface area contributed by atoms with E-state index in [1.54, 1.807) is 0 Å². The molecule has 2 aromatic rings. The predicted molar refractivity (Wildman–Crippen MR) is 96.9 cm³/mol. The van der Waals surface area contributed by atoms with Gasteiger partial charge in [-0.3, -0.25) is 9.69 Å². The third kappa shape index (κ3) is 3.18. The predicted octanol–water partition coefficient (Wildman–Crippen LogP) is 3.07. The summed E-state index contributed by atoms with van der Waals surface area (Å²) in [6.07, 6.45) is 2.34. The lowest BCUT2D eigenvalue weighted by Gasteiger charge is -2.48. The van der Waals surface area contributed by atoms with E-state index in [4.69, 9.17) is 9.15 Å². The first-order valence-electron chi connectivity index (χ1n) is 9.28. The van der Waals surface area contributed by atoms with E-state index in [-0.39, 0.29) is 5.91 Å². The van der Waals surface area contributed by atoms with E-state index in [2.05, 4.69) is 11.8 Å². The van der Waals surface area contributed by atoms with Gasteiger partial charge in [0.25, 0.3) is 5.91 Å². The Morgan fingerprint density at radius 2 is 2.12 bits per heavy atom. The third-order valence-corrected chi connectivity index (χ3v) is 5.41. The van der Waals surface area contributed by atoms with E-state index in [0.717, 1.165) is 55.1 Å². The SMILES string of the molecule is CCC[C@H]1COC[C@H]2CN(C(=O)c3ccc4oc(C)cc4c3)CCN12. The van der Waals surface area contributed by atoms with Crippen LogP contribution in [0.25, 0.3) is 11.0 Å². The molecule has 2 aliphatic heterocycles. The molecule has 2 aliphatic rings. The zero-order valence-electron chi connectivity index (χ0n) is 15.0. The van der Waals surface area contributed by atoms with Gasteiger partial charge in [-0.15, -0.1) is 0 Å². The number of fused-ring (bicyclic) bond motifs is 2. The van der Waals surface area contributed by atoms with E-state index in [0.29, 0.717) is 12.1 Å². The summed E-state index contributed by atoms with van der Waals surface area (Å²) >= 11 is 0. The van der Waals surface area contributed by atoms with Gasteiger partial charge in [0, 0.05) is 36.6 Å². The highest BCUT2D eigenvalue weighted by atomic mass is 16.5. The molecule has 134 valence electrons. The second kappa shape index (κ2) is 6.81. The quantitative estimate of drug-likeness (QED) is 0.860. The number of aryl methyl sites for hydroxylation is 1. The molecule has 25 heavy (non-hydrogen) atoms. The zero-order valence-corrected chi connectivity index (χ0v) is 15.0. The molecule has 1 aromatic heterocycles. The molecule has 1 amide bonds. The van der Waals surface area contributed by atoms with Gasteiger partial charge in [-0.2, -0.15) is 0 Å². The summed E-state index contributed by atoms with van der Waals surface area (Å²) in [4.78, 5) is 17.5. The molecule has 2 saturated heterocycles. The number of benzene rings is 1. The first kappa shape index (κ1) is 16.6. The molecular weight excluding hydrogens is 316 g/mol. The third-order valence-electron chi connectivity index (χ3n) is 5.41. The Kier molecular flexibility index (Phi) is 4.52. The fourth-order valence-corrected chi connectivity index (χ4v) is 4.19. The van der Waals surface area contributed by atoms with Crippen LogP contribution in [0.1, 0.15) is 35.9 Å². The van der Waals surface area contributed by atoms with Crippen molar-refractivity contribution in [3.8, 4) is 0 Å². The van der Waals surface area contributed by atoms with Crippen LogP contribution in [0.4, 0.5) is 0 Å². The summed E-state index contributed by atoms with van der Waals surface area (Å²) < 4.78 is 11.4. The number of rotatable bonds is 3. The molecular formula is C20H26N2O3. The van der Waals surface area contributed by atoms with Crippen molar-refractivity contribution >= 4 is 16.9 Å². The first-order valence-corrected chi connectivity index (χ1v) is 9.28. The van der Waals surface area contributed by atoms with Crippen LogP contribution >= 0.6 is 0 Å². The van der Waals surface area contributed by atoms with Crippen LogP contribution in [0.5, 0.6) is 0 Å². The van der Waals surface area contributed by atoms with E-state index < -0.39 is 0 Å². The van der Waals surface area contributed by atoms with Crippen molar-refractivity contribution in [2.75, 3.05) is 32.8 Å².